The minimum absolute atomic E-state index is 0.0212. The summed E-state index contributed by atoms with van der Waals surface area (Å²) in [7, 11) is 2.11. The van der Waals surface area contributed by atoms with E-state index < -0.39 is 0 Å². The summed E-state index contributed by atoms with van der Waals surface area (Å²) in [6.07, 6.45) is 5.39. The Labute approximate surface area is 128 Å². The third-order valence-electron chi connectivity index (χ3n) is 4.52. The standard InChI is InChI=1S/C16H29N3O2/c1-12(2)16(21)19-10-5-4-6-14(19)15(20)17-9-11-18(3)13-7-8-13/h12-14H,4-11H2,1-3H3,(H,17,20). The number of likely N-dealkylation sites (N-methyl/N-ethyl adjacent to an activating group) is 1. The van der Waals surface area contributed by atoms with Crippen LogP contribution in [-0.2, 0) is 9.59 Å². The molecule has 1 aliphatic heterocycles. The number of rotatable bonds is 6. The third-order valence-corrected chi connectivity index (χ3v) is 4.52. The Balaban J connectivity index is 1.81. The quantitative estimate of drug-likeness (QED) is 0.802. The Kier molecular flexibility index (Phi) is 5.62. The molecular formula is C16H29N3O2. The number of hydrogen-bond donors (Lipinski definition) is 1. The van der Waals surface area contributed by atoms with Crippen LogP contribution in [0.5, 0.6) is 0 Å². The number of carbonyl (C=O) groups is 2. The number of likely N-dealkylation sites (tertiary alicyclic amines) is 1. The molecule has 5 heteroatoms. The van der Waals surface area contributed by atoms with Gasteiger partial charge in [0, 0.05) is 31.6 Å². The summed E-state index contributed by atoms with van der Waals surface area (Å²) < 4.78 is 0. The summed E-state index contributed by atoms with van der Waals surface area (Å²) in [6, 6.07) is 0.454. The molecule has 0 aromatic heterocycles. The van der Waals surface area contributed by atoms with Crippen LogP contribution in [-0.4, -0.2) is 60.4 Å². The zero-order valence-corrected chi connectivity index (χ0v) is 13.6. The molecule has 5 nitrogen and oxygen atoms in total. The smallest absolute Gasteiger partial charge is 0.242 e. The predicted octanol–water partition coefficient (Wildman–Crippen LogP) is 1.23. The fourth-order valence-electron chi connectivity index (χ4n) is 2.97. The molecule has 2 amide bonds. The van der Waals surface area contributed by atoms with Crippen LogP contribution in [0.1, 0.15) is 46.0 Å². The highest BCUT2D eigenvalue weighted by Crippen LogP contribution is 2.24. The Morgan fingerprint density at radius 1 is 1.24 bits per heavy atom. The number of piperidine rings is 1. The van der Waals surface area contributed by atoms with Gasteiger partial charge in [-0.1, -0.05) is 13.8 Å². The fraction of sp³-hybridized carbons (Fsp3) is 0.875. The molecule has 2 fully saturated rings. The maximum Gasteiger partial charge on any atom is 0.242 e. The first-order chi connectivity index (χ1) is 10.0. The van der Waals surface area contributed by atoms with Gasteiger partial charge in [0.25, 0.3) is 0 Å². The van der Waals surface area contributed by atoms with Crippen LogP contribution in [0.4, 0.5) is 0 Å². The van der Waals surface area contributed by atoms with Crippen molar-refractivity contribution in [2.45, 2.75) is 58.0 Å². The summed E-state index contributed by atoms with van der Waals surface area (Å²) in [5.41, 5.74) is 0. The third kappa shape index (κ3) is 4.43. The monoisotopic (exact) mass is 295 g/mol. The minimum atomic E-state index is -0.264. The van der Waals surface area contributed by atoms with Gasteiger partial charge >= 0.3 is 0 Å². The van der Waals surface area contributed by atoms with Gasteiger partial charge in [-0.2, -0.15) is 0 Å². The lowest BCUT2D eigenvalue weighted by molar-refractivity contribution is -0.144. The summed E-state index contributed by atoms with van der Waals surface area (Å²) in [5, 5.41) is 3.02. The van der Waals surface area contributed by atoms with Crippen molar-refractivity contribution in [1.29, 1.82) is 0 Å². The summed E-state index contributed by atoms with van der Waals surface area (Å²) in [4.78, 5) is 28.7. The SMILES string of the molecule is CC(C)C(=O)N1CCCCC1C(=O)NCCN(C)C1CC1. The Morgan fingerprint density at radius 3 is 2.57 bits per heavy atom. The maximum atomic E-state index is 12.4. The van der Waals surface area contributed by atoms with E-state index in [1.165, 1.54) is 12.8 Å². The second-order valence-corrected chi connectivity index (χ2v) is 6.70. The molecular weight excluding hydrogens is 266 g/mol. The van der Waals surface area contributed by atoms with Gasteiger partial charge < -0.3 is 15.1 Å². The van der Waals surface area contributed by atoms with E-state index >= 15 is 0 Å². The first kappa shape index (κ1) is 16.3. The molecule has 1 N–H and O–H groups in total. The van der Waals surface area contributed by atoms with E-state index in [4.69, 9.17) is 0 Å². The average molecular weight is 295 g/mol. The average Bonchev–Trinajstić information content (AvgIpc) is 3.30. The molecule has 1 unspecified atom stereocenters. The van der Waals surface area contributed by atoms with Crippen molar-refractivity contribution >= 4 is 11.8 Å². The largest absolute Gasteiger partial charge is 0.353 e. The number of nitrogens with one attached hydrogen (secondary N) is 1. The number of carbonyl (C=O) groups excluding carboxylic acids is 2. The molecule has 0 radical (unpaired) electrons. The van der Waals surface area contributed by atoms with E-state index in [9.17, 15) is 9.59 Å². The van der Waals surface area contributed by atoms with E-state index in [0.717, 1.165) is 38.4 Å². The molecule has 2 aliphatic rings. The predicted molar refractivity (Wildman–Crippen MR) is 82.9 cm³/mol. The van der Waals surface area contributed by atoms with Crippen LogP contribution in [0.25, 0.3) is 0 Å². The molecule has 1 heterocycles. The number of amides is 2. The van der Waals surface area contributed by atoms with Crippen molar-refractivity contribution in [3.63, 3.8) is 0 Å². The number of hydrogen-bond acceptors (Lipinski definition) is 3. The summed E-state index contributed by atoms with van der Waals surface area (Å²) in [6.45, 7) is 6.08. The molecule has 1 saturated carbocycles. The summed E-state index contributed by atoms with van der Waals surface area (Å²) >= 11 is 0. The molecule has 0 aromatic carbocycles. The first-order valence-corrected chi connectivity index (χ1v) is 8.29. The minimum Gasteiger partial charge on any atom is -0.353 e. The molecule has 1 aliphatic carbocycles. The van der Waals surface area contributed by atoms with Crippen molar-refractivity contribution in [3.8, 4) is 0 Å². The Bertz CT molecular complexity index is 380. The lowest BCUT2D eigenvalue weighted by Crippen LogP contribution is -2.53. The fourth-order valence-corrected chi connectivity index (χ4v) is 2.97. The Morgan fingerprint density at radius 2 is 1.95 bits per heavy atom. The van der Waals surface area contributed by atoms with Gasteiger partial charge in [-0.05, 0) is 39.2 Å². The lowest BCUT2D eigenvalue weighted by Gasteiger charge is -2.36. The molecule has 120 valence electrons. The van der Waals surface area contributed by atoms with Gasteiger partial charge in [0.2, 0.25) is 11.8 Å². The first-order valence-electron chi connectivity index (χ1n) is 8.29. The van der Waals surface area contributed by atoms with Crippen molar-refractivity contribution < 1.29 is 9.59 Å². The second kappa shape index (κ2) is 7.25. The van der Waals surface area contributed by atoms with Crippen molar-refractivity contribution in [2.75, 3.05) is 26.7 Å². The van der Waals surface area contributed by atoms with Gasteiger partial charge in [0.05, 0.1) is 0 Å². The van der Waals surface area contributed by atoms with Gasteiger partial charge in [0.15, 0.2) is 0 Å². The van der Waals surface area contributed by atoms with Crippen LogP contribution >= 0.6 is 0 Å². The van der Waals surface area contributed by atoms with E-state index in [1.807, 2.05) is 13.8 Å². The molecule has 0 aromatic rings. The van der Waals surface area contributed by atoms with Gasteiger partial charge in [-0.3, -0.25) is 9.59 Å². The zero-order chi connectivity index (χ0) is 15.4. The van der Waals surface area contributed by atoms with Crippen molar-refractivity contribution in [3.05, 3.63) is 0 Å². The molecule has 2 rings (SSSR count). The molecule has 21 heavy (non-hydrogen) atoms. The highest BCUT2D eigenvalue weighted by atomic mass is 16.2. The van der Waals surface area contributed by atoms with E-state index in [2.05, 4.69) is 17.3 Å². The second-order valence-electron chi connectivity index (χ2n) is 6.70. The maximum absolute atomic E-state index is 12.4. The van der Waals surface area contributed by atoms with Crippen LogP contribution < -0.4 is 5.32 Å². The zero-order valence-electron chi connectivity index (χ0n) is 13.6. The molecule has 0 bridgehead atoms. The van der Waals surface area contributed by atoms with Crippen LogP contribution in [0.3, 0.4) is 0 Å². The summed E-state index contributed by atoms with van der Waals surface area (Å²) in [5.74, 6) is 0.0808. The van der Waals surface area contributed by atoms with E-state index in [-0.39, 0.29) is 23.8 Å². The van der Waals surface area contributed by atoms with Gasteiger partial charge in [-0.25, -0.2) is 0 Å². The van der Waals surface area contributed by atoms with Crippen LogP contribution in [0, 0.1) is 5.92 Å². The molecule has 1 atom stereocenters. The van der Waals surface area contributed by atoms with Gasteiger partial charge in [0.1, 0.15) is 6.04 Å². The normalized spacial score (nSPS) is 22.7. The topological polar surface area (TPSA) is 52.7 Å². The highest BCUT2D eigenvalue weighted by molar-refractivity contribution is 5.88. The Hall–Kier alpha value is -1.10. The van der Waals surface area contributed by atoms with E-state index in [1.54, 1.807) is 4.90 Å². The highest BCUT2D eigenvalue weighted by Gasteiger charge is 2.33. The van der Waals surface area contributed by atoms with E-state index in [0.29, 0.717) is 6.54 Å². The lowest BCUT2D eigenvalue weighted by atomic mass is 9.99. The molecule has 0 spiro atoms. The van der Waals surface area contributed by atoms with Crippen molar-refractivity contribution in [2.24, 2.45) is 5.92 Å². The van der Waals surface area contributed by atoms with Crippen molar-refractivity contribution in [1.82, 2.24) is 15.1 Å². The molecule has 1 saturated heterocycles. The van der Waals surface area contributed by atoms with Gasteiger partial charge in [-0.15, -0.1) is 0 Å². The van der Waals surface area contributed by atoms with Crippen LogP contribution in [0.15, 0.2) is 0 Å². The van der Waals surface area contributed by atoms with Crippen LogP contribution in [0.2, 0.25) is 0 Å². The number of nitrogens with zero attached hydrogens (tertiary/aromatic N) is 2.